The first-order chi connectivity index (χ1) is 10.7. The number of carbonyl (C=O) groups excluding carboxylic acids is 1. The zero-order chi connectivity index (χ0) is 15.2. The molecule has 4 saturated carbocycles. The van der Waals surface area contributed by atoms with Crippen molar-refractivity contribution in [3.8, 4) is 5.88 Å². The molecule has 0 atom stereocenters. The zero-order valence-corrected chi connectivity index (χ0v) is 13.1. The van der Waals surface area contributed by atoms with Crippen molar-refractivity contribution in [2.24, 2.45) is 23.2 Å². The number of pyridine rings is 1. The van der Waals surface area contributed by atoms with Gasteiger partial charge in [0.15, 0.2) is 5.78 Å². The van der Waals surface area contributed by atoms with E-state index in [0.29, 0.717) is 16.9 Å². The lowest BCUT2D eigenvalue weighted by Crippen LogP contribution is -2.45. The summed E-state index contributed by atoms with van der Waals surface area (Å²) in [6.07, 6.45) is 13.8. The van der Waals surface area contributed by atoms with Crippen LogP contribution in [-0.2, 0) is 0 Å². The van der Waals surface area contributed by atoms with Crippen LogP contribution < -0.4 is 4.74 Å². The third-order valence-corrected chi connectivity index (χ3v) is 5.90. The third-order valence-electron chi connectivity index (χ3n) is 5.90. The van der Waals surface area contributed by atoms with Crippen LogP contribution >= 0.6 is 0 Å². The Kier molecular flexibility index (Phi) is 3.32. The van der Waals surface area contributed by atoms with E-state index >= 15 is 0 Å². The first-order valence-corrected chi connectivity index (χ1v) is 8.39. The van der Waals surface area contributed by atoms with E-state index in [0.717, 1.165) is 17.8 Å². The van der Waals surface area contributed by atoms with Crippen LogP contribution in [0.25, 0.3) is 0 Å². The second kappa shape index (κ2) is 5.22. The fourth-order valence-corrected chi connectivity index (χ4v) is 5.38. The Hall–Kier alpha value is -1.64. The van der Waals surface area contributed by atoms with Gasteiger partial charge in [0.1, 0.15) is 0 Å². The maximum Gasteiger partial charge on any atom is 0.212 e. The molecule has 0 radical (unpaired) electrons. The molecule has 0 N–H and O–H groups in total. The van der Waals surface area contributed by atoms with Gasteiger partial charge in [0, 0.05) is 17.8 Å². The Morgan fingerprint density at radius 1 is 1.18 bits per heavy atom. The van der Waals surface area contributed by atoms with Crippen LogP contribution in [0.15, 0.2) is 30.5 Å². The SMILES string of the molecule is COc1ccc(C(=O)C=CC23CC4CC(CC(C4)C2)C3)cn1. The summed E-state index contributed by atoms with van der Waals surface area (Å²) in [7, 11) is 1.58. The van der Waals surface area contributed by atoms with Gasteiger partial charge in [0.05, 0.1) is 7.11 Å². The topological polar surface area (TPSA) is 39.2 Å². The highest BCUT2D eigenvalue weighted by Gasteiger charge is 2.49. The molecule has 4 aliphatic rings. The number of ether oxygens (including phenoxy) is 1. The molecule has 116 valence electrons. The van der Waals surface area contributed by atoms with Crippen molar-refractivity contribution in [1.82, 2.24) is 4.98 Å². The monoisotopic (exact) mass is 297 g/mol. The Morgan fingerprint density at radius 2 is 1.82 bits per heavy atom. The van der Waals surface area contributed by atoms with Crippen molar-refractivity contribution in [2.45, 2.75) is 38.5 Å². The van der Waals surface area contributed by atoms with Gasteiger partial charge in [-0.25, -0.2) is 4.98 Å². The summed E-state index contributed by atoms with van der Waals surface area (Å²) in [5.41, 5.74) is 0.950. The van der Waals surface area contributed by atoms with Crippen molar-refractivity contribution in [3.05, 3.63) is 36.0 Å². The number of hydrogen-bond donors (Lipinski definition) is 0. The van der Waals surface area contributed by atoms with E-state index in [1.807, 2.05) is 0 Å². The molecule has 4 aliphatic carbocycles. The van der Waals surface area contributed by atoms with Crippen LogP contribution in [0.4, 0.5) is 0 Å². The van der Waals surface area contributed by atoms with Gasteiger partial charge in [0.2, 0.25) is 5.88 Å². The van der Waals surface area contributed by atoms with E-state index in [9.17, 15) is 4.79 Å². The number of allylic oxidation sites excluding steroid dienone is 2. The molecule has 1 aromatic rings. The van der Waals surface area contributed by atoms with Gasteiger partial charge in [0.25, 0.3) is 0 Å². The first-order valence-electron chi connectivity index (χ1n) is 8.39. The first kappa shape index (κ1) is 14.0. The molecule has 0 amide bonds. The van der Waals surface area contributed by atoms with Crippen LogP contribution in [0.2, 0.25) is 0 Å². The average molecular weight is 297 g/mol. The van der Waals surface area contributed by atoms with Crippen molar-refractivity contribution in [1.29, 1.82) is 0 Å². The number of ketones is 1. The minimum atomic E-state index is 0.0610. The second-order valence-corrected chi connectivity index (χ2v) is 7.57. The number of carbonyl (C=O) groups is 1. The summed E-state index contributed by atoms with van der Waals surface area (Å²) >= 11 is 0. The fraction of sp³-hybridized carbons (Fsp3) is 0.579. The quantitative estimate of drug-likeness (QED) is 0.622. The number of rotatable bonds is 4. The van der Waals surface area contributed by atoms with E-state index < -0.39 is 0 Å². The lowest BCUT2D eigenvalue weighted by Gasteiger charge is -2.55. The van der Waals surface area contributed by atoms with Crippen LogP contribution in [-0.4, -0.2) is 17.9 Å². The van der Waals surface area contributed by atoms with Crippen molar-refractivity contribution in [2.75, 3.05) is 7.11 Å². The number of aromatic nitrogens is 1. The van der Waals surface area contributed by atoms with Crippen molar-refractivity contribution in [3.63, 3.8) is 0 Å². The molecular formula is C19H23NO2. The summed E-state index contributed by atoms with van der Waals surface area (Å²) in [6, 6.07) is 3.53. The van der Waals surface area contributed by atoms with E-state index in [1.165, 1.54) is 38.5 Å². The van der Waals surface area contributed by atoms with Crippen LogP contribution in [0.3, 0.4) is 0 Å². The van der Waals surface area contributed by atoms with Crippen LogP contribution in [0.1, 0.15) is 48.9 Å². The van der Waals surface area contributed by atoms with E-state index in [2.05, 4.69) is 11.1 Å². The molecule has 22 heavy (non-hydrogen) atoms. The van der Waals surface area contributed by atoms with E-state index in [1.54, 1.807) is 31.5 Å². The van der Waals surface area contributed by atoms with Gasteiger partial charge >= 0.3 is 0 Å². The van der Waals surface area contributed by atoms with Gasteiger partial charge in [-0.2, -0.15) is 0 Å². The minimum absolute atomic E-state index is 0.0610. The normalized spacial score (nSPS) is 36.0. The maximum absolute atomic E-state index is 12.4. The van der Waals surface area contributed by atoms with Crippen molar-refractivity contribution >= 4 is 5.78 Å². The fourth-order valence-electron chi connectivity index (χ4n) is 5.38. The second-order valence-electron chi connectivity index (χ2n) is 7.57. The van der Waals surface area contributed by atoms with Gasteiger partial charge in [-0.15, -0.1) is 0 Å². The molecule has 4 fully saturated rings. The molecule has 0 aliphatic heterocycles. The van der Waals surface area contributed by atoms with Gasteiger partial charge in [-0.3, -0.25) is 4.79 Å². The summed E-state index contributed by atoms with van der Waals surface area (Å²) in [6.45, 7) is 0. The Morgan fingerprint density at radius 3 is 2.32 bits per heavy atom. The minimum Gasteiger partial charge on any atom is -0.481 e. The molecule has 1 aromatic heterocycles. The van der Waals surface area contributed by atoms with Gasteiger partial charge in [-0.05, 0) is 73.8 Å². The molecule has 0 spiro atoms. The molecule has 5 rings (SSSR count). The Bertz CT molecular complexity index is 567. The highest BCUT2D eigenvalue weighted by atomic mass is 16.5. The molecule has 3 nitrogen and oxygen atoms in total. The lowest BCUT2D eigenvalue weighted by atomic mass is 9.49. The molecule has 0 unspecified atom stereocenters. The number of methoxy groups -OCH3 is 1. The van der Waals surface area contributed by atoms with Crippen LogP contribution in [0.5, 0.6) is 5.88 Å². The largest absolute Gasteiger partial charge is 0.481 e. The molecule has 4 bridgehead atoms. The summed E-state index contributed by atoms with van der Waals surface area (Å²) < 4.78 is 5.03. The van der Waals surface area contributed by atoms with Crippen LogP contribution in [0, 0.1) is 23.2 Å². The molecule has 3 heteroatoms. The predicted molar refractivity (Wildman–Crippen MR) is 84.9 cm³/mol. The standard InChI is InChI=1S/C19H23NO2/c1-22-18-3-2-16(12-20-18)17(21)4-5-19-9-13-6-14(10-19)8-15(7-13)11-19/h2-5,12-15H,6-11H2,1H3. The number of hydrogen-bond acceptors (Lipinski definition) is 3. The maximum atomic E-state index is 12.4. The third kappa shape index (κ3) is 2.47. The van der Waals surface area contributed by atoms with E-state index in [-0.39, 0.29) is 5.78 Å². The highest BCUT2D eigenvalue weighted by Crippen LogP contribution is 2.60. The van der Waals surface area contributed by atoms with E-state index in [4.69, 9.17) is 4.74 Å². The lowest BCUT2D eigenvalue weighted by molar-refractivity contribution is -0.0238. The summed E-state index contributed by atoms with van der Waals surface area (Å²) in [5, 5.41) is 0. The van der Waals surface area contributed by atoms with Crippen molar-refractivity contribution < 1.29 is 9.53 Å². The predicted octanol–water partition coefficient (Wildman–Crippen LogP) is 4.05. The smallest absolute Gasteiger partial charge is 0.212 e. The number of nitrogens with zero attached hydrogens (tertiary/aromatic N) is 1. The van der Waals surface area contributed by atoms with Gasteiger partial charge < -0.3 is 4.74 Å². The van der Waals surface area contributed by atoms with Gasteiger partial charge in [-0.1, -0.05) is 6.08 Å². The molecule has 0 saturated heterocycles. The highest BCUT2D eigenvalue weighted by molar-refractivity contribution is 6.04. The molecular weight excluding hydrogens is 274 g/mol. The molecule has 0 aromatic carbocycles. The Labute approximate surface area is 131 Å². The molecule has 1 heterocycles. The summed E-state index contributed by atoms with van der Waals surface area (Å²) in [4.78, 5) is 16.5. The summed E-state index contributed by atoms with van der Waals surface area (Å²) in [5.74, 6) is 3.34. The average Bonchev–Trinajstić information content (AvgIpc) is 2.51. The zero-order valence-electron chi connectivity index (χ0n) is 13.1. The Balaban J connectivity index is 1.50.